The second-order valence-electron chi connectivity index (χ2n) is 4.07. The van der Waals surface area contributed by atoms with Crippen LogP contribution in [-0.2, 0) is 16.3 Å². The lowest BCUT2D eigenvalue weighted by Gasteiger charge is -2.00. The van der Waals surface area contributed by atoms with Crippen molar-refractivity contribution in [2.75, 3.05) is 11.5 Å². The molecule has 1 heterocycles. The summed E-state index contributed by atoms with van der Waals surface area (Å²) in [4.78, 5) is 0. The van der Waals surface area contributed by atoms with Gasteiger partial charge in [-0.05, 0) is 17.7 Å². The van der Waals surface area contributed by atoms with Crippen molar-refractivity contribution in [1.82, 2.24) is 10.2 Å². The van der Waals surface area contributed by atoms with Crippen LogP contribution in [0, 0.1) is 0 Å². The fourth-order valence-electron chi connectivity index (χ4n) is 1.31. The largest absolute Gasteiger partial charge is 0.428 e. The average Bonchev–Trinajstić information content (AvgIpc) is 2.96. The maximum absolute atomic E-state index is 10.4. The predicted molar refractivity (Wildman–Crippen MR) is 83.6 cm³/mol. The highest BCUT2D eigenvalue weighted by atomic mass is 35.5. The number of benzene rings is 1. The second-order valence-corrected chi connectivity index (χ2v) is 7.55. The Labute approximate surface area is 134 Å². The van der Waals surface area contributed by atoms with Crippen molar-refractivity contribution >= 4 is 33.0 Å². The van der Waals surface area contributed by atoms with Crippen LogP contribution < -0.4 is 0 Å². The Kier molecular flexibility index (Phi) is 7.14. The van der Waals surface area contributed by atoms with Gasteiger partial charge in [0, 0.05) is 21.6 Å². The zero-order valence-corrected chi connectivity index (χ0v) is 14.0. The molecule has 0 amide bonds. The van der Waals surface area contributed by atoms with Gasteiger partial charge in [-0.25, -0.2) is 8.42 Å². The third-order valence-electron chi connectivity index (χ3n) is 2.64. The van der Waals surface area contributed by atoms with Gasteiger partial charge < -0.3 is 4.42 Å². The van der Waals surface area contributed by atoms with E-state index < -0.39 is 9.84 Å². The topological polar surface area (TPSA) is 73.1 Å². The summed E-state index contributed by atoms with van der Waals surface area (Å²) >= 11 is 11.7. The summed E-state index contributed by atoms with van der Waals surface area (Å²) < 4.78 is 25.7. The first-order valence-corrected chi connectivity index (χ1v) is 8.85. The van der Waals surface area contributed by atoms with Crippen molar-refractivity contribution < 1.29 is 12.8 Å². The Morgan fingerprint density at radius 1 is 1.19 bits per heavy atom. The van der Waals surface area contributed by atoms with Gasteiger partial charge in [-0.1, -0.05) is 43.1 Å². The Hall–Kier alpha value is -1.11. The fourth-order valence-corrected chi connectivity index (χ4v) is 2.19. The molecule has 0 aliphatic rings. The monoisotopic (exact) mass is 350 g/mol. The van der Waals surface area contributed by atoms with E-state index in [2.05, 4.69) is 10.2 Å². The lowest BCUT2D eigenvalue weighted by atomic mass is 10.1. The summed E-state index contributed by atoms with van der Waals surface area (Å²) in [7, 11) is -2.66. The molecule has 0 saturated heterocycles. The van der Waals surface area contributed by atoms with E-state index in [0.29, 0.717) is 22.4 Å². The molecular formula is C13H16Cl2N2O3S. The number of hydrogen-bond donors (Lipinski definition) is 0. The van der Waals surface area contributed by atoms with Crippen LogP contribution in [0.25, 0.3) is 0 Å². The van der Waals surface area contributed by atoms with Gasteiger partial charge >= 0.3 is 0 Å². The van der Waals surface area contributed by atoms with Crippen LogP contribution in [0.4, 0.5) is 0 Å². The molecule has 8 heteroatoms. The normalized spacial score (nSPS) is 10.9. The zero-order valence-electron chi connectivity index (χ0n) is 11.7. The number of halogens is 2. The van der Waals surface area contributed by atoms with E-state index in [1.54, 1.807) is 26.0 Å². The molecule has 0 bridgehead atoms. The highest BCUT2D eigenvalue weighted by Crippen LogP contribution is 2.22. The highest BCUT2D eigenvalue weighted by molar-refractivity contribution is 7.91. The van der Waals surface area contributed by atoms with E-state index >= 15 is 0 Å². The van der Waals surface area contributed by atoms with E-state index in [-0.39, 0.29) is 11.5 Å². The smallest absolute Gasteiger partial charge is 0.220 e. The molecule has 5 nitrogen and oxygen atoms in total. The van der Waals surface area contributed by atoms with E-state index in [9.17, 15) is 8.42 Å². The van der Waals surface area contributed by atoms with Crippen LogP contribution in [0.2, 0.25) is 10.0 Å². The average molecular weight is 351 g/mol. The molecule has 2 aromatic rings. The minimum absolute atomic E-state index is 0.267. The molecule has 116 valence electrons. The zero-order chi connectivity index (χ0) is 15.9. The van der Waals surface area contributed by atoms with Crippen LogP contribution in [0.3, 0.4) is 0 Å². The summed E-state index contributed by atoms with van der Waals surface area (Å²) in [5, 5.41) is 8.57. The van der Waals surface area contributed by atoms with Gasteiger partial charge in [-0.15, -0.1) is 10.2 Å². The van der Waals surface area contributed by atoms with E-state index in [1.165, 1.54) is 6.39 Å². The summed E-state index contributed by atoms with van der Waals surface area (Å²) in [5.41, 5.74) is 0.917. The van der Waals surface area contributed by atoms with E-state index in [4.69, 9.17) is 27.6 Å². The number of sulfone groups is 1. The Morgan fingerprint density at radius 3 is 2.29 bits per heavy atom. The Morgan fingerprint density at radius 2 is 1.86 bits per heavy atom. The van der Waals surface area contributed by atoms with E-state index in [0.717, 1.165) is 5.56 Å². The third kappa shape index (κ3) is 6.46. The van der Waals surface area contributed by atoms with Crippen molar-refractivity contribution in [1.29, 1.82) is 0 Å². The van der Waals surface area contributed by atoms with Crippen molar-refractivity contribution in [2.24, 2.45) is 0 Å². The molecule has 0 unspecified atom stereocenters. The fraction of sp³-hybridized carbons (Fsp3) is 0.385. The Balaban J connectivity index is 0.000000270. The quantitative estimate of drug-likeness (QED) is 0.844. The molecule has 0 saturated carbocycles. The van der Waals surface area contributed by atoms with Crippen molar-refractivity contribution in [3.8, 4) is 0 Å². The van der Waals surface area contributed by atoms with Gasteiger partial charge in [-0.2, -0.15) is 0 Å². The molecule has 0 aliphatic heterocycles. The van der Waals surface area contributed by atoms with Crippen LogP contribution >= 0.6 is 23.2 Å². The Bertz CT molecular complexity index is 648. The van der Waals surface area contributed by atoms with Crippen molar-refractivity contribution in [2.45, 2.75) is 20.3 Å². The summed E-state index contributed by atoms with van der Waals surface area (Å²) in [6, 6.07) is 5.31. The van der Waals surface area contributed by atoms with E-state index in [1.807, 2.05) is 6.07 Å². The molecule has 1 aromatic heterocycles. The maximum atomic E-state index is 10.4. The first-order valence-electron chi connectivity index (χ1n) is 6.27. The highest BCUT2D eigenvalue weighted by Gasteiger charge is 2.05. The van der Waals surface area contributed by atoms with Crippen LogP contribution in [-0.4, -0.2) is 30.1 Å². The lowest BCUT2D eigenvalue weighted by Crippen LogP contribution is -2.04. The van der Waals surface area contributed by atoms with Crippen LogP contribution in [0.15, 0.2) is 29.0 Å². The van der Waals surface area contributed by atoms with Crippen LogP contribution in [0.1, 0.15) is 25.3 Å². The molecule has 0 atom stereocenters. The number of nitrogens with zero attached hydrogens (tertiary/aromatic N) is 2. The van der Waals surface area contributed by atoms with Crippen LogP contribution in [0.5, 0.6) is 0 Å². The molecule has 0 radical (unpaired) electrons. The summed E-state index contributed by atoms with van der Waals surface area (Å²) in [6.07, 6.45) is 1.81. The van der Waals surface area contributed by atoms with Gasteiger partial charge in [0.15, 0.2) is 0 Å². The summed E-state index contributed by atoms with van der Waals surface area (Å²) in [5.74, 6) is 1.07. The summed E-state index contributed by atoms with van der Waals surface area (Å²) in [6.45, 7) is 3.30. The lowest BCUT2D eigenvalue weighted by molar-refractivity contribution is 0.505. The maximum Gasteiger partial charge on any atom is 0.220 e. The molecular weight excluding hydrogens is 335 g/mol. The molecule has 21 heavy (non-hydrogen) atoms. The van der Waals surface area contributed by atoms with Gasteiger partial charge in [-0.3, -0.25) is 0 Å². The third-order valence-corrected chi connectivity index (χ3v) is 4.99. The van der Waals surface area contributed by atoms with Gasteiger partial charge in [0.05, 0.1) is 6.42 Å². The van der Waals surface area contributed by atoms with Crippen molar-refractivity contribution in [3.63, 3.8) is 0 Å². The second kappa shape index (κ2) is 8.36. The van der Waals surface area contributed by atoms with Gasteiger partial charge in [0.2, 0.25) is 12.3 Å². The van der Waals surface area contributed by atoms with Gasteiger partial charge in [0.1, 0.15) is 9.84 Å². The number of aromatic nitrogens is 2. The molecule has 0 fully saturated rings. The number of hydrogen-bond acceptors (Lipinski definition) is 5. The standard InChI is InChI=1S/C9H6Cl2N2O.C4H10O2S/c10-7-2-1-6(8(11)4-7)3-9-13-12-5-14-9;1-3-7(5,6)4-2/h1-2,4-5H,3H2;3-4H2,1-2H3. The minimum atomic E-state index is -2.66. The molecule has 0 N–H and O–H groups in total. The number of rotatable bonds is 4. The van der Waals surface area contributed by atoms with Gasteiger partial charge in [0.25, 0.3) is 0 Å². The molecule has 2 rings (SSSR count). The predicted octanol–water partition coefficient (Wildman–Crippen LogP) is 3.41. The minimum Gasteiger partial charge on any atom is -0.428 e. The first kappa shape index (κ1) is 17.9. The SMILES string of the molecule is CCS(=O)(=O)CC.Clc1ccc(Cc2nnco2)c(Cl)c1. The first-order chi connectivity index (χ1) is 9.88. The molecule has 1 aromatic carbocycles. The van der Waals surface area contributed by atoms with Crippen molar-refractivity contribution in [3.05, 3.63) is 46.1 Å². The molecule has 0 aliphatic carbocycles. The molecule has 0 spiro atoms.